The van der Waals surface area contributed by atoms with Crippen molar-refractivity contribution >= 4 is 26.8 Å². The summed E-state index contributed by atoms with van der Waals surface area (Å²) in [5, 5.41) is 0.836. The largest absolute Gasteiger partial charge is 0.293 e. The second kappa shape index (κ2) is 8.05. The van der Waals surface area contributed by atoms with E-state index in [0.29, 0.717) is 19.8 Å². The molecule has 0 bridgehead atoms. The van der Waals surface area contributed by atoms with Crippen molar-refractivity contribution in [2.24, 2.45) is 0 Å². The Morgan fingerprint density at radius 1 is 0.923 bits per heavy atom. The third-order valence-corrected chi connectivity index (χ3v) is 4.63. The first kappa shape index (κ1) is 13.7. The van der Waals surface area contributed by atoms with E-state index in [1.807, 2.05) is 20.8 Å². The quantitative estimate of drug-likeness (QED) is 0.637. The maximum absolute atomic E-state index is 5.56. The molecule has 0 aromatic carbocycles. The van der Waals surface area contributed by atoms with Crippen LogP contribution in [0.5, 0.6) is 0 Å². The topological polar surface area (TPSA) is 27.7 Å². The van der Waals surface area contributed by atoms with Crippen LogP contribution in [0.1, 0.15) is 20.8 Å². The molecule has 5 heteroatoms. The molecule has 0 spiro atoms. The fraction of sp³-hybridized carbons (Fsp3) is 1.00. The molecule has 0 aliphatic rings. The number of halogens is 1. The lowest BCUT2D eigenvalue weighted by atomic mass is 10.9. The Morgan fingerprint density at radius 3 is 1.54 bits per heavy atom. The normalized spacial score (nSPS) is 13.2. The smallest absolute Gasteiger partial charge is 0.0895 e. The number of hydrogen-bond acceptors (Lipinski definition) is 3. The van der Waals surface area contributed by atoms with E-state index in [1.165, 1.54) is 0 Å². The van der Waals surface area contributed by atoms with Crippen LogP contribution in [0.25, 0.3) is 0 Å². The SMILES string of the molecule is CCOS(CCBr)(OCC)OCC. The summed E-state index contributed by atoms with van der Waals surface area (Å²) in [6.07, 6.45) is 0. The van der Waals surface area contributed by atoms with Crippen LogP contribution in [0.15, 0.2) is 0 Å². The standard InChI is InChI=1S/C8H19BrO3S/c1-4-10-13(8-7-9,11-5-2)12-6-3/h4-8H2,1-3H3. The Kier molecular flexibility index (Phi) is 8.49. The lowest BCUT2D eigenvalue weighted by molar-refractivity contribution is 0.186. The minimum absolute atomic E-state index is 0.627. The van der Waals surface area contributed by atoms with Gasteiger partial charge in [-0.1, -0.05) is 15.9 Å². The summed E-state index contributed by atoms with van der Waals surface area (Å²) in [5.74, 6) is 0.780. The molecule has 0 amide bonds. The third-order valence-electron chi connectivity index (χ3n) is 1.22. The minimum Gasteiger partial charge on any atom is -0.293 e. The average molecular weight is 275 g/mol. The molecule has 0 aromatic rings. The van der Waals surface area contributed by atoms with Crippen LogP contribution in [0, 0.1) is 0 Å². The molecule has 0 aliphatic carbocycles. The van der Waals surface area contributed by atoms with Gasteiger partial charge < -0.3 is 0 Å². The van der Waals surface area contributed by atoms with Gasteiger partial charge in [-0.2, -0.15) is 0 Å². The van der Waals surface area contributed by atoms with Gasteiger partial charge in [-0.25, -0.2) is 0 Å². The Bertz CT molecular complexity index is 94.4. The van der Waals surface area contributed by atoms with Crippen LogP contribution < -0.4 is 0 Å². The van der Waals surface area contributed by atoms with E-state index < -0.39 is 10.9 Å². The van der Waals surface area contributed by atoms with Crippen LogP contribution in [0.4, 0.5) is 0 Å². The number of rotatable bonds is 8. The zero-order chi connectivity index (χ0) is 10.2. The van der Waals surface area contributed by atoms with Gasteiger partial charge in [0.15, 0.2) is 0 Å². The molecule has 0 unspecified atom stereocenters. The highest BCUT2D eigenvalue weighted by Crippen LogP contribution is 2.51. The van der Waals surface area contributed by atoms with Gasteiger partial charge in [0.1, 0.15) is 0 Å². The molecule has 82 valence electrons. The summed E-state index contributed by atoms with van der Waals surface area (Å²) in [5.41, 5.74) is 0. The van der Waals surface area contributed by atoms with Crippen LogP contribution >= 0.6 is 26.8 Å². The first-order chi connectivity index (χ1) is 6.24. The van der Waals surface area contributed by atoms with Gasteiger partial charge in [0, 0.05) is 5.33 Å². The lowest BCUT2D eigenvalue weighted by Crippen LogP contribution is -2.17. The second-order valence-electron chi connectivity index (χ2n) is 2.17. The van der Waals surface area contributed by atoms with Crippen molar-refractivity contribution in [2.45, 2.75) is 20.8 Å². The molecule has 0 rings (SSSR count). The third kappa shape index (κ3) is 5.22. The van der Waals surface area contributed by atoms with Crippen molar-refractivity contribution < 1.29 is 12.5 Å². The molecule has 0 heterocycles. The van der Waals surface area contributed by atoms with Gasteiger partial charge in [-0.05, 0) is 20.8 Å². The molecule has 0 saturated heterocycles. The van der Waals surface area contributed by atoms with Crippen molar-refractivity contribution in [1.82, 2.24) is 0 Å². The van der Waals surface area contributed by atoms with Crippen molar-refractivity contribution in [3.05, 3.63) is 0 Å². The fourth-order valence-electron chi connectivity index (χ4n) is 0.912. The molecule has 0 N–H and O–H groups in total. The summed E-state index contributed by atoms with van der Waals surface area (Å²) in [7, 11) is -1.74. The van der Waals surface area contributed by atoms with E-state index in [-0.39, 0.29) is 0 Å². The van der Waals surface area contributed by atoms with E-state index in [2.05, 4.69) is 15.9 Å². The summed E-state index contributed by atoms with van der Waals surface area (Å²) in [6.45, 7) is 7.74. The zero-order valence-corrected chi connectivity index (χ0v) is 10.9. The Morgan fingerprint density at radius 2 is 1.31 bits per heavy atom. The van der Waals surface area contributed by atoms with E-state index in [1.54, 1.807) is 0 Å². The highest BCUT2D eigenvalue weighted by molar-refractivity contribution is 9.09. The summed E-state index contributed by atoms with van der Waals surface area (Å²) < 4.78 is 16.7. The first-order valence-electron chi connectivity index (χ1n) is 4.54. The summed E-state index contributed by atoms with van der Waals surface area (Å²) in [6, 6.07) is 0. The van der Waals surface area contributed by atoms with Gasteiger partial charge in [-0.15, -0.1) is 0 Å². The lowest BCUT2D eigenvalue weighted by Gasteiger charge is -2.36. The van der Waals surface area contributed by atoms with Crippen molar-refractivity contribution in [2.75, 3.05) is 30.9 Å². The molecular weight excluding hydrogens is 256 g/mol. The second-order valence-corrected chi connectivity index (χ2v) is 5.19. The molecule has 13 heavy (non-hydrogen) atoms. The van der Waals surface area contributed by atoms with E-state index in [9.17, 15) is 0 Å². The predicted octanol–water partition coefficient (Wildman–Crippen LogP) is 3.04. The van der Waals surface area contributed by atoms with Crippen LogP contribution in [-0.2, 0) is 12.5 Å². The highest BCUT2D eigenvalue weighted by Gasteiger charge is 2.24. The molecule has 0 aromatic heterocycles. The van der Waals surface area contributed by atoms with Gasteiger partial charge in [-0.3, -0.25) is 12.5 Å². The molecule has 0 aliphatic heterocycles. The first-order valence-corrected chi connectivity index (χ1v) is 7.24. The van der Waals surface area contributed by atoms with Crippen LogP contribution in [-0.4, -0.2) is 30.9 Å². The van der Waals surface area contributed by atoms with Crippen molar-refractivity contribution in [1.29, 1.82) is 0 Å². The Labute approximate surface area is 91.2 Å². The molecule has 0 atom stereocenters. The van der Waals surface area contributed by atoms with E-state index in [0.717, 1.165) is 11.1 Å². The molecule has 0 fully saturated rings. The average Bonchev–Trinajstić information content (AvgIpc) is 2.06. The van der Waals surface area contributed by atoms with Crippen LogP contribution in [0.2, 0.25) is 0 Å². The minimum atomic E-state index is -1.74. The number of hydrogen-bond donors (Lipinski definition) is 0. The van der Waals surface area contributed by atoms with Gasteiger partial charge in [0.05, 0.1) is 36.4 Å². The van der Waals surface area contributed by atoms with Crippen molar-refractivity contribution in [3.63, 3.8) is 0 Å². The fourth-order valence-corrected chi connectivity index (χ4v) is 3.93. The van der Waals surface area contributed by atoms with E-state index >= 15 is 0 Å². The molecule has 0 radical (unpaired) electrons. The summed E-state index contributed by atoms with van der Waals surface area (Å²) in [4.78, 5) is 0. The molecular formula is C8H19BrO3S. The molecule has 3 nitrogen and oxygen atoms in total. The monoisotopic (exact) mass is 274 g/mol. The maximum atomic E-state index is 5.56. The Hall–Kier alpha value is 0.710. The van der Waals surface area contributed by atoms with E-state index in [4.69, 9.17) is 12.5 Å². The van der Waals surface area contributed by atoms with Gasteiger partial charge in [0.25, 0.3) is 0 Å². The maximum Gasteiger partial charge on any atom is 0.0895 e. The summed E-state index contributed by atoms with van der Waals surface area (Å²) >= 11 is 3.38. The zero-order valence-electron chi connectivity index (χ0n) is 8.55. The highest BCUT2D eigenvalue weighted by atomic mass is 79.9. The van der Waals surface area contributed by atoms with Crippen molar-refractivity contribution in [3.8, 4) is 0 Å². The molecule has 0 saturated carbocycles. The van der Waals surface area contributed by atoms with Gasteiger partial charge in [0.2, 0.25) is 0 Å². The predicted molar refractivity (Wildman–Crippen MR) is 61.1 cm³/mol. The van der Waals surface area contributed by atoms with Gasteiger partial charge >= 0.3 is 0 Å². The number of alkyl halides is 1. The Balaban J connectivity index is 4.19. The van der Waals surface area contributed by atoms with Crippen LogP contribution in [0.3, 0.4) is 0 Å².